The molecule has 1 saturated carbocycles. The van der Waals surface area contributed by atoms with Crippen LogP contribution in [0.1, 0.15) is 48.7 Å². The monoisotopic (exact) mass is 437 g/mol. The van der Waals surface area contributed by atoms with Crippen LogP contribution < -0.4 is 0 Å². The first kappa shape index (κ1) is 20.2. The molecule has 2 aromatic carbocycles. The Kier molecular flexibility index (Phi) is 5.08. The summed E-state index contributed by atoms with van der Waals surface area (Å²) < 4.78 is 25.8. The summed E-state index contributed by atoms with van der Waals surface area (Å²) in [6, 6.07) is 16.4. The van der Waals surface area contributed by atoms with Crippen molar-refractivity contribution in [3.8, 4) is 0 Å². The number of sulfone groups is 1. The van der Waals surface area contributed by atoms with E-state index in [1.165, 1.54) is 17.4 Å². The maximum Gasteiger partial charge on any atom is 0.243 e. The van der Waals surface area contributed by atoms with Crippen molar-refractivity contribution >= 4 is 26.8 Å². The fourth-order valence-electron chi connectivity index (χ4n) is 4.87. The van der Waals surface area contributed by atoms with Gasteiger partial charge in [-0.25, -0.2) is 13.4 Å². The second kappa shape index (κ2) is 7.79. The van der Waals surface area contributed by atoms with Gasteiger partial charge in [0.25, 0.3) is 0 Å². The Bertz CT molecular complexity index is 1240. The highest BCUT2D eigenvalue weighted by Gasteiger charge is 2.39. The molecule has 1 unspecified atom stereocenters. The molecule has 31 heavy (non-hydrogen) atoms. The van der Waals surface area contributed by atoms with Gasteiger partial charge in [0.1, 0.15) is 18.1 Å². The lowest BCUT2D eigenvalue weighted by Crippen LogP contribution is -2.40. The number of aromatic nitrogens is 2. The van der Waals surface area contributed by atoms with Crippen molar-refractivity contribution in [2.24, 2.45) is 0 Å². The maximum atomic E-state index is 13.7. The Hall–Kier alpha value is -2.67. The van der Waals surface area contributed by atoms with E-state index < -0.39 is 9.84 Å². The average molecular weight is 438 g/mol. The molecule has 0 aliphatic heterocycles. The van der Waals surface area contributed by atoms with Gasteiger partial charge in [-0.05, 0) is 55.4 Å². The van der Waals surface area contributed by atoms with Crippen LogP contribution in [0.2, 0.25) is 0 Å². The van der Waals surface area contributed by atoms with Gasteiger partial charge in [0.05, 0.1) is 17.1 Å². The first-order chi connectivity index (χ1) is 14.9. The van der Waals surface area contributed by atoms with E-state index in [0.717, 1.165) is 43.1 Å². The second-order valence-electron chi connectivity index (χ2n) is 8.81. The summed E-state index contributed by atoms with van der Waals surface area (Å²) in [5, 5.41) is 0. The summed E-state index contributed by atoms with van der Waals surface area (Å²) in [5.41, 5.74) is 4.12. The second-order valence-corrected chi connectivity index (χ2v) is 11.0. The molecule has 0 spiro atoms. The summed E-state index contributed by atoms with van der Waals surface area (Å²) in [6.07, 6.45) is 6.38. The van der Waals surface area contributed by atoms with Crippen LogP contribution in [0.25, 0.3) is 11.0 Å². The van der Waals surface area contributed by atoms with Gasteiger partial charge >= 0.3 is 0 Å². The molecule has 1 atom stereocenters. The quantitative estimate of drug-likeness (QED) is 0.590. The molecule has 1 aromatic heterocycles. The van der Waals surface area contributed by atoms with Crippen LogP contribution in [0.15, 0.2) is 48.5 Å². The minimum Gasteiger partial charge on any atom is -0.331 e. The minimum absolute atomic E-state index is 0.0436. The van der Waals surface area contributed by atoms with Crippen LogP contribution in [0.5, 0.6) is 0 Å². The third-order valence-electron chi connectivity index (χ3n) is 6.32. The minimum atomic E-state index is -3.28. The van der Waals surface area contributed by atoms with Crippen LogP contribution in [0.3, 0.4) is 0 Å². The van der Waals surface area contributed by atoms with Gasteiger partial charge in [-0.3, -0.25) is 4.79 Å². The number of para-hydroxylation sites is 2. The summed E-state index contributed by atoms with van der Waals surface area (Å²) in [7, 11) is -3.28. The molecule has 2 aliphatic carbocycles. The Morgan fingerprint density at radius 2 is 1.84 bits per heavy atom. The number of aryl methyl sites for hydroxylation is 1. The van der Waals surface area contributed by atoms with Crippen molar-refractivity contribution in [1.82, 2.24) is 14.5 Å². The van der Waals surface area contributed by atoms with E-state index in [0.29, 0.717) is 5.82 Å². The normalized spacial score (nSPS) is 18.7. The molecular formula is C24H27N3O3S. The Morgan fingerprint density at radius 3 is 2.61 bits per heavy atom. The fraction of sp³-hybridized carbons (Fsp3) is 0.417. The van der Waals surface area contributed by atoms with E-state index in [2.05, 4.69) is 34.1 Å². The van der Waals surface area contributed by atoms with Gasteiger partial charge in [-0.1, -0.05) is 36.4 Å². The molecule has 3 aromatic rings. The smallest absolute Gasteiger partial charge is 0.243 e. The zero-order valence-electron chi connectivity index (χ0n) is 17.7. The van der Waals surface area contributed by atoms with Crippen LogP contribution >= 0.6 is 0 Å². The number of nitrogens with zero attached hydrogens (tertiary/aromatic N) is 3. The van der Waals surface area contributed by atoms with E-state index in [1.807, 2.05) is 24.3 Å². The van der Waals surface area contributed by atoms with Crippen molar-refractivity contribution in [2.45, 2.75) is 56.5 Å². The van der Waals surface area contributed by atoms with Crippen molar-refractivity contribution in [1.29, 1.82) is 0 Å². The Labute approximate surface area is 182 Å². The fourth-order valence-corrected chi connectivity index (χ4v) is 5.55. The molecule has 0 radical (unpaired) electrons. The molecule has 1 heterocycles. The number of fused-ring (bicyclic) bond motifs is 2. The molecule has 2 aliphatic rings. The van der Waals surface area contributed by atoms with E-state index in [-0.39, 0.29) is 30.3 Å². The lowest BCUT2D eigenvalue weighted by Gasteiger charge is -2.36. The van der Waals surface area contributed by atoms with Gasteiger partial charge in [-0.15, -0.1) is 0 Å². The highest BCUT2D eigenvalue weighted by atomic mass is 32.2. The largest absolute Gasteiger partial charge is 0.331 e. The van der Waals surface area contributed by atoms with E-state index in [4.69, 9.17) is 0 Å². The third kappa shape index (κ3) is 4.11. The molecule has 0 bridgehead atoms. The van der Waals surface area contributed by atoms with Crippen LogP contribution in [0, 0.1) is 0 Å². The van der Waals surface area contributed by atoms with E-state index >= 15 is 0 Å². The molecule has 1 fully saturated rings. The average Bonchev–Trinajstić information content (AvgIpc) is 3.51. The van der Waals surface area contributed by atoms with Gasteiger partial charge < -0.3 is 9.47 Å². The summed E-state index contributed by atoms with van der Waals surface area (Å²) >= 11 is 0. The van der Waals surface area contributed by atoms with Gasteiger partial charge in [0, 0.05) is 12.3 Å². The summed E-state index contributed by atoms with van der Waals surface area (Å²) in [6.45, 7) is 0.112. The molecule has 5 rings (SSSR count). The molecule has 1 amide bonds. The predicted octanol–water partition coefficient (Wildman–Crippen LogP) is 3.65. The molecule has 7 heteroatoms. The number of rotatable bonds is 6. The molecular weight excluding hydrogens is 410 g/mol. The highest BCUT2D eigenvalue weighted by Crippen LogP contribution is 2.41. The zero-order valence-corrected chi connectivity index (χ0v) is 18.5. The maximum absolute atomic E-state index is 13.7. The first-order valence-corrected chi connectivity index (χ1v) is 13.0. The first-order valence-electron chi connectivity index (χ1n) is 10.9. The molecule has 6 nitrogen and oxygen atoms in total. The Morgan fingerprint density at radius 1 is 1.10 bits per heavy atom. The predicted molar refractivity (Wildman–Crippen MR) is 120 cm³/mol. The number of hydrogen-bond acceptors (Lipinski definition) is 4. The zero-order chi connectivity index (χ0) is 21.6. The van der Waals surface area contributed by atoms with Gasteiger partial charge in [-0.2, -0.15) is 0 Å². The summed E-state index contributed by atoms with van der Waals surface area (Å²) in [4.78, 5) is 20.3. The topological polar surface area (TPSA) is 72.3 Å². The third-order valence-corrected chi connectivity index (χ3v) is 7.10. The number of imidazole rings is 1. The van der Waals surface area contributed by atoms with E-state index in [9.17, 15) is 13.2 Å². The lowest BCUT2D eigenvalue weighted by atomic mass is 9.86. The number of benzene rings is 2. The molecule has 0 N–H and O–H groups in total. The van der Waals surface area contributed by atoms with Crippen molar-refractivity contribution < 1.29 is 13.2 Å². The molecule has 162 valence electrons. The van der Waals surface area contributed by atoms with Crippen molar-refractivity contribution in [3.63, 3.8) is 0 Å². The van der Waals surface area contributed by atoms with Crippen LogP contribution in [0.4, 0.5) is 0 Å². The van der Waals surface area contributed by atoms with Gasteiger partial charge in [0.2, 0.25) is 5.91 Å². The highest BCUT2D eigenvalue weighted by molar-refractivity contribution is 7.89. The van der Waals surface area contributed by atoms with Crippen LogP contribution in [-0.2, 0) is 33.4 Å². The SMILES string of the molecule is CS(=O)(=O)Cc1nc2ccccc2n1CC(=O)N(C1CC1)C1CCCc2ccccc21. The van der Waals surface area contributed by atoms with Gasteiger partial charge in [0.15, 0.2) is 9.84 Å². The van der Waals surface area contributed by atoms with Crippen molar-refractivity contribution in [2.75, 3.05) is 6.26 Å². The standard InChI is InChI=1S/C24H27N3O3S/c1-31(29,30)16-23-25-20-10-4-5-11-22(20)26(23)15-24(28)27(18-13-14-18)21-12-6-8-17-7-2-3-9-19(17)21/h2-5,7,9-11,18,21H,6,8,12-16H2,1H3. The van der Waals surface area contributed by atoms with Crippen molar-refractivity contribution in [3.05, 3.63) is 65.5 Å². The summed E-state index contributed by atoms with van der Waals surface area (Å²) in [5.74, 6) is 0.295. The number of carbonyl (C=O) groups excluding carboxylic acids is 1. The molecule has 0 saturated heterocycles. The number of carbonyl (C=O) groups is 1. The Balaban J connectivity index is 1.51. The number of amides is 1. The van der Waals surface area contributed by atoms with Crippen LogP contribution in [-0.4, -0.2) is 41.1 Å². The van der Waals surface area contributed by atoms with E-state index in [1.54, 1.807) is 4.57 Å². The number of hydrogen-bond donors (Lipinski definition) is 0. The lowest BCUT2D eigenvalue weighted by molar-refractivity contribution is -0.135.